The Hall–Kier alpha value is -0.930. The Morgan fingerprint density at radius 1 is 1.33 bits per heavy atom. The van der Waals surface area contributed by atoms with Crippen LogP contribution < -0.4 is 10.6 Å². The number of rotatable bonds is 8. The molecular formula is C12H23N3. The van der Waals surface area contributed by atoms with Crippen molar-refractivity contribution in [2.24, 2.45) is 4.99 Å². The molecule has 0 spiro atoms. The summed E-state index contributed by atoms with van der Waals surface area (Å²) in [6, 6.07) is 0. The monoisotopic (exact) mass is 209 g/mol. The van der Waals surface area contributed by atoms with Crippen LogP contribution in [0.1, 0.15) is 20.8 Å². The Labute approximate surface area is 93.4 Å². The van der Waals surface area contributed by atoms with Crippen molar-refractivity contribution in [2.45, 2.75) is 20.8 Å². The molecule has 0 fully saturated rings. The highest BCUT2D eigenvalue weighted by atomic mass is 14.9. The van der Waals surface area contributed by atoms with E-state index in [0.29, 0.717) is 0 Å². The van der Waals surface area contributed by atoms with Gasteiger partial charge in [0.15, 0.2) is 0 Å². The highest BCUT2D eigenvalue weighted by Crippen LogP contribution is 1.93. The van der Waals surface area contributed by atoms with Crippen molar-refractivity contribution in [3.8, 4) is 0 Å². The van der Waals surface area contributed by atoms with Crippen LogP contribution in [0.5, 0.6) is 0 Å². The van der Waals surface area contributed by atoms with Crippen LogP contribution in [0.3, 0.4) is 0 Å². The smallest absolute Gasteiger partial charge is 0.0330 e. The lowest BCUT2D eigenvalue weighted by molar-refractivity contribution is 0.651. The number of aliphatic imine (C=N–C) groups is 1. The van der Waals surface area contributed by atoms with Gasteiger partial charge in [0.2, 0.25) is 0 Å². The largest absolute Gasteiger partial charge is 0.316 e. The van der Waals surface area contributed by atoms with Gasteiger partial charge in [-0.1, -0.05) is 19.6 Å². The minimum Gasteiger partial charge on any atom is -0.316 e. The van der Waals surface area contributed by atoms with Crippen LogP contribution in [0.25, 0.3) is 0 Å². The van der Waals surface area contributed by atoms with Gasteiger partial charge in [-0.3, -0.25) is 4.99 Å². The van der Waals surface area contributed by atoms with Crippen molar-refractivity contribution in [3.05, 3.63) is 23.9 Å². The lowest BCUT2D eigenvalue weighted by atomic mass is 10.3. The molecule has 0 aliphatic carbocycles. The van der Waals surface area contributed by atoms with Crippen LogP contribution in [0, 0.1) is 0 Å². The zero-order valence-electron chi connectivity index (χ0n) is 10.1. The molecular weight excluding hydrogens is 186 g/mol. The number of nitrogens with zero attached hydrogens (tertiary/aromatic N) is 1. The van der Waals surface area contributed by atoms with E-state index in [-0.39, 0.29) is 0 Å². The average molecular weight is 209 g/mol. The second-order valence-corrected chi connectivity index (χ2v) is 3.38. The molecule has 15 heavy (non-hydrogen) atoms. The van der Waals surface area contributed by atoms with Gasteiger partial charge in [0.1, 0.15) is 0 Å². The lowest BCUT2D eigenvalue weighted by Crippen LogP contribution is -2.28. The topological polar surface area (TPSA) is 36.4 Å². The molecule has 0 aromatic rings. The summed E-state index contributed by atoms with van der Waals surface area (Å²) in [6.45, 7) is 13.7. The predicted molar refractivity (Wildman–Crippen MR) is 68.5 cm³/mol. The van der Waals surface area contributed by atoms with Gasteiger partial charge in [-0.05, 0) is 26.0 Å². The van der Waals surface area contributed by atoms with Crippen molar-refractivity contribution in [1.29, 1.82) is 0 Å². The van der Waals surface area contributed by atoms with Gasteiger partial charge in [0.05, 0.1) is 0 Å². The van der Waals surface area contributed by atoms with E-state index in [2.05, 4.69) is 29.1 Å². The summed E-state index contributed by atoms with van der Waals surface area (Å²) in [5.74, 6) is 0. The van der Waals surface area contributed by atoms with Crippen molar-refractivity contribution in [2.75, 3.05) is 26.2 Å². The maximum atomic E-state index is 4.24. The molecule has 0 bridgehead atoms. The number of likely N-dealkylation sites (N-methyl/N-ethyl adjacent to an activating group) is 1. The zero-order chi connectivity index (χ0) is 11.5. The molecule has 0 atom stereocenters. The molecule has 0 saturated heterocycles. The quantitative estimate of drug-likeness (QED) is 0.472. The van der Waals surface area contributed by atoms with Crippen molar-refractivity contribution in [3.63, 3.8) is 0 Å². The summed E-state index contributed by atoms with van der Waals surface area (Å²) in [5, 5.41) is 6.54. The van der Waals surface area contributed by atoms with Crippen LogP contribution in [0.2, 0.25) is 0 Å². The fraction of sp³-hybridized carbons (Fsp3) is 0.583. The Morgan fingerprint density at radius 3 is 2.60 bits per heavy atom. The van der Waals surface area contributed by atoms with Crippen molar-refractivity contribution >= 4 is 6.21 Å². The van der Waals surface area contributed by atoms with E-state index in [1.54, 1.807) is 0 Å². The van der Waals surface area contributed by atoms with E-state index in [0.717, 1.165) is 37.4 Å². The predicted octanol–water partition coefficient (Wildman–Crippen LogP) is 1.74. The zero-order valence-corrected chi connectivity index (χ0v) is 10.1. The van der Waals surface area contributed by atoms with Gasteiger partial charge in [-0.2, -0.15) is 0 Å². The fourth-order valence-electron chi connectivity index (χ4n) is 0.916. The normalized spacial score (nSPS) is 12.3. The minimum absolute atomic E-state index is 0.798. The highest BCUT2D eigenvalue weighted by molar-refractivity contribution is 5.78. The van der Waals surface area contributed by atoms with Gasteiger partial charge in [0.25, 0.3) is 0 Å². The molecule has 0 aliphatic rings. The number of hydrogen-bond acceptors (Lipinski definition) is 3. The van der Waals surface area contributed by atoms with E-state index in [4.69, 9.17) is 0 Å². The fourth-order valence-corrected chi connectivity index (χ4v) is 0.916. The summed E-state index contributed by atoms with van der Waals surface area (Å²) in [6.07, 6.45) is 3.79. The molecule has 0 unspecified atom stereocenters. The number of hydrogen-bond donors (Lipinski definition) is 2. The SMILES string of the molecule is C=C(/C=N\C(C)=C/C)CNCCNCC. The standard InChI is InChI=1S/C12H23N3/c1-5-12(4)15-10-11(3)9-14-8-7-13-6-2/h5,10,13-14H,3,6-9H2,1-2,4H3/b12-5-,15-10-. The van der Waals surface area contributed by atoms with Crippen LogP contribution in [0.15, 0.2) is 28.9 Å². The third-order valence-corrected chi connectivity index (χ3v) is 1.95. The molecule has 2 N–H and O–H groups in total. The molecule has 86 valence electrons. The number of allylic oxidation sites excluding steroid dienone is 2. The Kier molecular flexibility index (Phi) is 9.02. The summed E-state index contributed by atoms with van der Waals surface area (Å²) >= 11 is 0. The van der Waals surface area contributed by atoms with Crippen LogP contribution in [-0.2, 0) is 0 Å². The molecule has 0 aromatic carbocycles. The van der Waals surface area contributed by atoms with Crippen molar-refractivity contribution < 1.29 is 0 Å². The first kappa shape index (κ1) is 14.1. The van der Waals surface area contributed by atoms with Crippen LogP contribution in [0.4, 0.5) is 0 Å². The van der Waals surface area contributed by atoms with Gasteiger partial charge < -0.3 is 10.6 Å². The van der Waals surface area contributed by atoms with E-state index < -0.39 is 0 Å². The maximum absolute atomic E-state index is 4.24. The van der Waals surface area contributed by atoms with E-state index in [1.807, 2.05) is 26.1 Å². The van der Waals surface area contributed by atoms with Crippen molar-refractivity contribution in [1.82, 2.24) is 10.6 Å². The molecule has 3 heteroatoms. The first-order valence-corrected chi connectivity index (χ1v) is 5.46. The van der Waals surface area contributed by atoms with Gasteiger partial charge in [-0.15, -0.1) is 0 Å². The van der Waals surface area contributed by atoms with Gasteiger partial charge in [0, 0.05) is 31.5 Å². The maximum Gasteiger partial charge on any atom is 0.0330 e. The minimum atomic E-state index is 0.798. The van der Waals surface area contributed by atoms with Crippen LogP contribution in [-0.4, -0.2) is 32.4 Å². The second kappa shape index (κ2) is 9.62. The molecule has 0 rings (SSSR count). The Morgan fingerprint density at radius 2 is 2.00 bits per heavy atom. The third kappa shape index (κ3) is 9.38. The molecule has 0 aliphatic heterocycles. The number of nitrogens with one attached hydrogen (secondary N) is 2. The van der Waals surface area contributed by atoms with E-state index in [9.17, 15) is 0 Å². The molecule has 0 aromatic heterocycles. The Bertz CT molecular complexity index is 229. The summed E-state index contributed by atoms with van der Waals surface area (Å²) in [7, 11) is 0. The van der Waals surface area contributed by atoms with E-state index >= 15 is 0 Å². The summed E-state index contributed by atoms with van der Waals surface area (Å²) in [4.78, 5) is 4.24. The first-order valence-electron chi connectivity index (χ1n) is 5.46. The third-order valence-electron chi connectivity index (χ3n) is 1.95. The summed E-state index contributed by atoms with van der Waals surface area (Å²) in [5.41, 5.74) is 2.02. The van der Waals surface area contributed by atoms with Crippen LogP contribution >= 0.6 is 0 Å². The molecule has 0 amide bonds. The van der Waals surface area contributed by atoms with Gasteiger partial charge >= 0.3 is 0 Å². The molecule has 3 nitrogen and oxygen atoms in total. The van der Waals surface area contributed by atoms with E-state index in [1.165, 1.54) is 0 Å². The molecule has 0 radical (unpaired) electrons. The molecule has 0 heterocycles. The van der Waals surface area contributed by atoms with Gasteiger partial charge in [-0.25, -0.2) is 0 Å². The second-order valence-electron chi connectivity index (χ2n) is 3.38. The average Bonchev–Trinajstić information content (AvgIpc) is 2.25. The lowest BCUT2D eigenvalue weighted by Gasteiger charge is -2.04. The summed E-state index contributed by atoms with van der Waals surface area (Å²) < 4.78 is 0. The Balaban J connectivity index is 3.54. The molecule has 0 saturated carbocycles. The highest BCUT2D eigenvalue weighted by Gasteiger charge is 1.89. The first-order chi connectivity index (χ1) is 7.20.